The van der Waals surface area contributed by atoms with E-state index in [1.165, 1.54) is 40.9 Å². The van der Waals surface area contributed by atoms with Gasteiger partial charge in [0.1, 0.15) is 24.0 Å². The molecule has 2 aliphatic heterocycles. The van der Waals surface area contributed by atoms with Crippen LogP contribution < -0.4 is 4.90 Å². The van der Waals surface area contributed by atoms with Crippen molar-refractivity contribution in [3.63, 3.8) is 0 Å². The Morgan fingerprint density at radius 1 is 1.08 bits per heavy atom. The summed E-state index contributed by atoms with van der Waals surface area (Å²) in [6.07, 6.45) is 0. The van der Waals surface area contributed by atoms with Gasteiger partial charge >= 0.3 is 0 Å². The maximum absolute atomic E-state index is 14.4. The Kier molecular flexibility index (Phi) is 7.28. The zero-order valence-corrected chi connectivity index (χ0v) is 22.4. The van der Waals surface area contributed by atoms with Gasteiger partial charge in [0, 0.05) is 24.1 Å². The first kappa shape index (κ1) is 26.4. The van der Waals surface area contributed by atoms with Crippen LogP contribution >= 0.6 is 11.8 Å². The molecule has 1 saturated heterocycles. The van der Waals surface area contributed by atoms with E-state index in [-0.39, 0.29) is 29.9 Å². The summed E-state index contributed by atoms with van der Waals surface area (Å²) in [4.78, 5) is 30.2. The van der Waals surface area contributed by atoms with Crippen molar-refractivity contribution >= 4 is 29.4 Å². The Morgan fingerprint density at radius 2 is 1.79 bits per heavy atom. The second-order valence-electron chi connectivity index (χ2n) is 10.4. The molecular weight excluding hydrogens is 510 g/mol. The lowest BCUT2D eigenvalue weighted by Gasteiger charge is -2.30. The topological polar surface area (TPSA) is 67.7 Å². The third-order valence-corrected chi connectivity index (χ3v) is 7.93. The van der Waals surface area contributed by atoms with E-state index >= 15 is 0 Å². The minimum absolute atomic E-state index is 0.0965. The van der Waals surface area contributed by atoms with Crippen LogP contribution in [0.1, 0.15) is 42.8 Å². The molecule has 1 atom stereocenters. The van der Waals surface area contributed by atoms with Gasteiger partial charge in [-0.05, 0) is 42.0 Å². The number of aromatic nitrogens is 2. The van der Waals surface area contributed by atoms with Crippen molar-refractivity contribution in [2.24, 2.45) is 0 Å². The van der Waals surface area contributed by atoms with Gasteiger partial charge in [0.25, 0.3) is 0 Å². The smallest absolute Gasteiger partial charge is 0.242 e. The second kappa shape index (κ2) is 10.5. The van der Waals surface area contributed by atoms with E-state index in [9.17, 15) is 18.4 Å². The molecule has 3 heterocycles. The van der Waals surface area contributed by atoms with Gasteiger partial charge in [0.15, 0.2) is 0 Å². The van der Waals surface area contributed by atoms with Crippen LogP contribution in [0.2, 0.25) is 0 Å². The first-order chi connectivity index (χ1) is 18.1. The van der Waals surface area contributed by atoms with Gasteiger partial charge in [-0.15, -0.1) is 11.8 Å². The first-order valence-electron chi connectivity index (χ1n) is 12.6. The predicted molar refractivity (Wildman–Crippen MR) is 143 cm³/mol. The molecule has 7 nitrogen and oxygen atoms in total. The van der Waals surface area contributed by atoms with Gasteiger partial charge in [-0.2, -0.15) is 5.10 Å². The normalized spacial score (nSPS) is 18.3. The number of halogens is 2. The van der Waals surface area contributed by atoms with Gasteiger partial charge in [-0.1, -0.05) is 32.9 Å². The Balaban J connectivity index is 1.73. The number of anilines is 1. The number of carbonyl (C=O) groups is 2. The molecule has 38 heavy (non-hydrogen) atoms. The number of amides is 2. The van der Waals surface area contributed by atoms with Crippen LogP contribution in [0, 0.1) is 11.6 Å². The Morgan fingerprint density at radius 3 is 2.45 bits per heavy atom. The van der Waals surface area contributed by atoms with E-state index in [0.717, 1.165) is 11.3 Å². The highest BCUT2D eigenvalue weighted by molar-refractivity contribution is 8.00. The molecule has 0 saturated carbocycles. The quantitative estimate of drug-likeness (QED) is 0.488. The summed E-state index contributed by atoms with van der Waals surface area (Å²) in [5.74, 6) is -0.660. The van der Waals surface area contributed by atoms with Gasteiger partial charge in [-0.3, -0.25) is 14.5 Å². The third kappa shape index (κ3) is 5.19. The molecule has 0 N–H and O–H groups in total. The number of benzene rings is 2. The largest absolute Gasteiger partial charge is 0.378 e. The Bertz CT molecular complexity index is 1350. The number of morpholine rings is 1. The molecule has 1 unspecified atom stereocenters. The molecule has 200 valence electrons. The van der Waals surface area contributed by atoms with Crippen LogP contribution in [-0.2, 0) is 19.7 Å². The van der Waals surface area contributed by atoms with Crippen molar-refractivity contribution in [1.82, 2.24) is 14.7 Å². The summed E-state index contributed by atoms with van der Waals surface area (Å²) in [7, 11) is 0. The van der Waals surface area contributed by atoms with E-state index in [0.29, 0.717) is 43.4 Å². The number of hydrogen-bond donors (Lipinski definition) is 0. The number of rotatable bonds is 4. The lowest BCUT2D eigenvalue weighted by atomic mass is 9.87. The number of carbonyl (C=O) groups excluding carboxylic acids is 2. The zero-order chi connectivity index (χ0) is 27.0. The molecular formula is C28H30F2N4O3S. The fourth-order valence-electron chi connectivity index (χ4n) is 4.82. The number of nitrogens with zero attached hydrogens (tertiary/aromatic N) is 4. The average molecular weight is 541 g/mol. The fourth-order valence-corrected chi connectivity index (χ4v) is 6.00. The zero-order valence-electron chi connectivity index (χ0n) is 21.6. The number of thioether (sulfide) groups is 1. The predicted octanol–water partition coefficient (Wildman–Crippen LogP) is 4.48. The van der Waals surface area contributed by atoms with Crippen LogP contribution in [0.3, 0.4) is 0 Å². The van der Waals surface area contributed by atoms with Crippen LogP contribution in [0.4, 0.5) is 14.6 Å². The number of hydrogen-bond acceptors (Lipinski definition) is 5. The summed E-state index contributed by atoms with van der Waals surface area (Å²) in [6, 6.07) is 12.2. The first-order valence-corrected chi connectivity index (χ1v) is 13.6. The molecule has 2 aromatic carbocycles. The monoisotopic (exact) mass is 540 g/mol. The van der Waals surface area contributed by atoms with E-state index in [4.69, 9.17) is 9.84 Å². The van der Waals surface area contributed by atoms with Crippen LogP contribution in [0.5, 0.6) is 0 Å². The molecule has 3 aromatic rings. The summed E-state index contributed by atoms with van der Waals surface area (Å²) in [5, 5.41) is 4.55. The van der Waals surface area contributed by atoms with Crippen molar-refractivity contribution < 1.29 is 23.1 Å². The summed E-state index contributed by atoms with van der Waals surface area (Å²) in [6.45, 7) is 7.71. The molecule has 1 aromatic heterocycles. The van der Waals surface area contributed by atoms with Crippen LogP contribution in [0.15, 0.2) is 48.5 Å². The lowest BCUT2D eigenvalue weighted by Crippen LogP contribution is -2.48. The van der Waals surface area contributed by atoms with Crippen LogP contribution in [0.25, 0.3) is 5.69 Å². The highest BCUT2D eigenvalue weighted by Gasteiger charge is 2.40. The van der Waals surface area contributed by atoms with Crippen molar-refractivity contribution in [3.05, 3.63) is 77.0 Å². The molecule has 1 fully saturated rings. The molecule has 0 spiro atoms. The van der Waals surface area contributed by atoms with E-state index in [1.807, 2.05) is 26.8 Å². The molecule has 2 aliphatic rings. The lowest BCUT2D eigenvalue weighted by molar-refractivity contribution is -0.134. The molecule has 0 aliphatic carbocycles. The third-order valence-electron chi connectivity index (χ3n) is 6.68. The van der Waals surface area contributed by atoms with Gasteiger partial charge in [0.05, 0.1) is 35.6 Å². The molecule has 5 rings (SSSR count). The molecule has 10 heteroatoms. The average Bonchev–Trinajstić information content (AvgIpc) is 3.22. The fraction of sp³-hybridized carbons (Fsp3) is 0.393. The van der Waals surface area contributed by atoms with Gasteiger partial charge in [-0.25, -0.2) is 13.5 Å². The Labute approximate surface area is 224 Å². The van der Waals surface area contributed by atoms with E-state index < -0.39 is 16.5 Å². The Hall–Kier alpha value is -3.24. The summed E-state index contributed by atoms with van der Waals surface area (Å²) >= 11 is 1.39. The van der Waals surface area contributed by atoms with Gasteiger partial charge in [0.2, 0.25) is 11.8 Å². The van der Waals surface area contributed by atoms with Gasteiger partial charge < -0.3 is 9.64 Å². The van der Waals surface area contributed by atoms with Crippen LogP contribution in [-0.4, -0.2) is 65.1 Å². The SMILES string of the molecule is CC(C)(C)c1nn(-c2ccc(F)cc2)c2c1C(c1cccc(F)c1)SCC(=O)N2CC(=O)N1CCOCC1. The van der Waals surface area contributed by atoms with Crippen molar-refractivity contribution in [1.29, 1.82) is 0 Å². The highest BCUT2D eigenvalue weighted by atomic mass is 32.2. The second-order valence-corrected chi connectivity index (χ2v) is 11.5. The van der Waals surface area contributed by atoms with E-state index in [2.05, 4.69) is 0 Å². The van der Waals surface area contributed by atoms with Crippen molar-refractivity contribution in [2.75, 3.05) is 43.5 Å². The molecule has 0 radical (unpaired) electrons. The number of fused-ring (bicyclic) bond motifs is 1. The standard InChI is InChI=1S/C28H30F2N4O3S/c1-28(2,3)26-24-25(18-5-4-6-20(30)15-18)38-17-23(36)33(16-22(35)32-11-13-37-14-12-32)27(24)34(31-26)21-9-7-19(29)8-10-21/h4-10,15,25H,11-14,16-17H2,1-3H3. The molecule has 2 amide bonds. The minimum Gasteiger partial charge on any atom is -0.378 e. The molecule has 0 bridgehead atoms. The maximum atomic E-state index is 14.4. The highest BCUT2D eigenvalue weighted by Crippen LogP contribution is 2.48. The minimum atomic E-state index is -0.450. The van der Waals surface area contributed by atoms with Crippen molar-refractivity contribution in [3.8, 4) is 5.69 Å². The van der Waals surface area contributed by atoms with E-state index in [1.54, 1.807) is 27.8 Å². The van der Waals surface area contributed by atoms with Crippen molar-refractivity contribution in [2.45, 2.75) is 31.4 Å². The maximum Gasteiger partial charge on any atom is 0.242 e. The summed E-state index contributed by atoms with van der Waals surface area (Å²) < 4.78 is 35.2. The number of ether oxygens (including phenoxy) is 1. The summed E-state index contributed by atoms with van der Waals surface area (Å²) in [5.41, 5.74) is 2.28.